The Kier molecular flexibility index (Phi) is 4.60. The Bertz CT molecular complexity index is 872. The second kappa shape index (κ2) is 6.81. The van der Waals surface area contributed by atoms with Gasteiger partial charge in [-0.3, -0.25) is 4.79 Å². The minimum atomic E-state index is -0.291. The van der Waals surface area contributed by atoms with Crippen molar-refractivity contribution in [3.05, 3.63) is 64.0 Å². The Morgan fingerprint density at radius 1 is 1.22 bits per heavy atom. The molecule has 2 aromatic carbocycles. The molecule has 0 spiro atoms. The minimum absolute atomic E-state index is 0.291. The average Bonchev–Trinajstić information content (AvgIpc) is 2.91. The predicted octanol–water partition coefficient (Wildman–Crippen LogP) is 4.33. The number of hydrogen-bond donors (Lipinski definition) is 1. The fraction of sp³-hybridized carbons (Fsp3) is 0.0588. The van der Waals surface area contributed by atoms with Gasteiger partial charge in [0.1, 0.15) is 5.75 Å². The molecule has 0 aliphatic rings. The van der Waals surface area contributed by atoms with Crippen LogP contribution >= 0.6 is 22.9 Å². The van der Waals surface area contributed by atoms with Crippen LogP contribution in [0.1, 0.15) is 15.2 Å². The van der Waals surface area contributed by atoms with Crippen LogP contribution in [0.2, 0.25) is 5.02 Å². The number of methoxy groups -OCH3 is 1. The molecule has 1 heterocycles. The largest absolute Gasteiger partial charge is 0.497 e. The zero-order valence-electron chi connectivity index (χ0n) is 12.2. The summed E-state index contributed by atoms with van der Waals surface area (Å²) < 4.78 is 6.14. The van der Waals surface area contributed by atoms with Gasteiger partial charge in [-0.2, -0.15) is 5.10 Å². The van der Waals surface area contributed by atoms with Gasteiger partial charge in [0.15, 0.2) is 0 Å². The number of carbonyl (C=O) groups is 1. The van der Waals surface area contributed by atoms with Crippen LogP contribution in [-0.4, -0.2) is 19.2 Å². The van der Waals surface area contributed by atoms with E-state index in [-0.39, 0.29) is 5.91 Å². The smallest absolute Gasteiger partial charge is 0.271 e. The number of halogens is 1. The van der Waals surface area contributed by atoms with Crippen molar-refractivity contribution in [1.82, 2.24) is 5.43 Å². The van der Waals surface area contributed by atoms with E-state index in [0.29, 0.717) is 16.3 Å². The van der Waals surface area contributed by atoms with Gasteiger partial charge in [-0.15, -0.1) is 11.3 Å². The number of amides is 1. The molecule has 6 heteroatoms. The third-order valence-electron chi connectivity index (χ3n) is 3.26. The van der Waals surface area contributed by atoms with Crippen molar-refractivity contribution in [3.63, 3.8) is 0 Å². The van der Waals surface area contributed by atoms with Crippen molar-refractivity contribution in [3.8, 4) is 5.75 Å². The molecule has 0 aliphatic heterocycles. The first-order valence-electron chi connectivity index (χ1n) is 6.83. The van der Waals surface area contributed by atoms with Gasteiger partial charge >= 0.3 is 0 Å². The van der Waals surface area contributed by atoms with E-state index < -0.39 is 0 Å². The van der Waals surface area contributed by atoms with Crippen molar-refractivity contribution in [2.45, 2.75) is 0 Å². The second-order valence-electron chi connectivity index (χ2n) is 4.70. The van der Waals surface area contributed by atoms with Crippen LogP contribution in [0.3, 0.4) is 0 Å². The maximum Gasteiger partial charge on any atom is 0.271 e. The highest BCUT2D eigenvalue weighted by Crippen LogP contribution is 2.33. The maximum atomic E-state index is 12.0. The number of hydrogen-bond acceptors (Lipinski definition) is 4. The van der Waals surface area contributed by atoms with Gasteiger partial charge in [-0.1, -0.05) is 29.8 Å². The Morgan fingerprint density at radius 3 is 2.65 bits per heavy atom. The molecule has 0 saturated heterocycles. The van der Waals surface area contributed by atoms with Gasteiger partial charge in [0.25, 0.3) is 5.91 Å². The predicted molar refractivity (Wildman–Crippen MR) is 94.9 cm³/mol. The first-order chi connectivity index (χ1) is 11.2. The summed E-state index contributed by atoms with van der Waals surface area (Å²) in [7, 11) is 1.58. The molecule has 0 aliphatic carbocycles. The molecule has 0 saturated carbocycles. The molecule has 1 aromatic heterocycles. The fourth-order valence-electron chi connectivity index (χ4n) is 2.07. The molecule has 1 amide bonds. The van der Waals surface area contributed by atoms with E-state index in [1.54, 1.807) is 37.6 Å². The van der Waals surface area contributed by atoms with E-state index in [4.69, 9.17) is 16.3 Å². The molecule has 3 rings (SSSR count). The number of carbonyl (C=O) groups excluding carboxylic acids is 1. The van der Waals surface area contributed by atoms with E-state index in [2.05, 4.69) is 10.5 Å². The number of nitrogens with zero attached hydrogens (tertiary/aromatic N) is 1. The lowest BCUT2D eigenvalue weighted by Crippen LogP contribution is -2.17. The molecule has 0 fully saturated rings. The van der Waals surface area contributed by atoms with Crippen LogP contribution in [0.4, 0.5) is 0 Å². The number of fused-ring (bicyclic) bond motifs is 1. The minimum Gasteiger partial charge on any atom is -0.497 e. The fourth-order valence-corrected chi connectivity index (χ4v) is 3.43. The van der Waals surface area contributed by atoms with Gasteiger partial charge < -0.3 is 4.74 Å². The first-order valence-corrected chi connectivity index (χ1v) is 8.03. The first kappa shape index (κ1) is 15.5. The molecular formula is C17H13ClN2O2S. The van der Waals surface area contributed by atoms with E-state index >= 15 is 0 Å². The number of thiophene rings is 1. The molecule has 0 unspecified atom stereocenters. The molecule has 4 nitrogen and oxygen atoms in total. The van der Waals surface area contributed by atoms with Gasteiger partial charge in [0.05, 0.1) is 23.2 Å². The van der Waals surface area contributed by atoms with Gasteiger partial charge in [0, 0.05) is 15.6 Å². The SMILES string of the molecule is COc1ccc(C(=O)N/N=C/c2sc3ccccc3c2Cl)cc1. The Labute approximate surface area is 142 Å². The van der Waals surface area contributed by atoms with E-state index in [1.165, 1.54) is 11.3 Å². The van der Waals surface area contributed by atoms with Crippen LogP contribution in [0.15, 0.2) is 53.6 Å². The van der Waals surface area contributed by atoms with Crippen LogP contribution in [-0.2, 0) is 0 Å². The lowest BCUT2D eigenvalue weighted by atomic mass is 10.2. The Morgan fingerprint density at radius 2 is 1.96 bits per heavy atom. The zero-order valence-corrected chi connectivity index (χ0v) is 13.8. The van der Waals surface area contributed by atoms with Crippen molar-refractivity contribution >= 4 is 45.1 Å². The van der Waals surface area contributed by atoms with Gasteiger partial charge in [0.2, 0.25) is 0 Å². The maximum absolute atomic E-state index is 12.0. The second-order valence-corrected chi connectivity index (χ2v) is 6.17. The van der Waals surface area contributed by atoms with E-state index in [9.17, 15) is 4.79 Å². The van der Waals surface area contributed by atoms with Gasteiger partial charge in [-0.25, -0.2) is 5.43 Å². The summed E-state index contributed by atoms with van der Waals surface area (Å²) in [5.41, 5.74) is 3.00. The Hall–Kier alpha value is -2.37. The average molecular weight is 345 g/mol. The van der Waals surface area contributed by atoms with Crippen molar-refractivity contribution in [2.75, 3.05) is 7.11 Å². The molecule has 1 N–H and O–H groups in total. The van der Waals surface area contributed by atoms with Gasteiger partial charge in [-0.05, 0) is 30.3 Å². The zero-order chi connectivity index (χ0) is 16.2. The number of nitrogens with one attached hydrogen (secondary N) is 1. The van der Waals surface area contributed by atoms with Crippen molar-refractivity contribution in [2.24, 2.45) is 5.10 Å². The molecule has 0 atom stereocenters. The summed E-state index contributed by atoms with van der Waals surface area (Å²) in [5.74, 6) is 0.406. The number of benzene rings is 2. The lowest BCUT2D eigenvalue weighted by molar-refractivity contribution is 0.0955. The summed E-state index contributed by atoms with van der Waals surface area (Å²) in [4.78, 5) is 12.8. The summed E-state index contributed by atoms with van der Waals surface area (Å²) in [6.07, 6.45) is 1.56. The topological polar surface area (TPSA) is 50.7 Å². The van der Waals surface area contributed by atoms with Crippen LogP contribution in [0.5, 0.6) is 5.75 Å². The normalized spacial score (nSPS) is 11.0. The molecule has 116 valence electrons. The standard InChI is InChI=1S/C17H13ClN2O2S/c1-22-12-8-6-11(7-9-12)17(21)20-19-10-15-16(18)13-4-2-3-5-14(13)23-15/h2-10H,1H3,(H,20,21)/b19-10+. The quantitative estimate of drug-likeness (QED) is 0.565. The number of hydrazone groups is 1. The van der Waals surface area contributed by atoms with E-state index in [1.807, 2.05) is 24.3 Å². The molecule has 0 bridgehead atoms. The highest BCUT2D eigenvalue weighted by molar-refractivity contribution is 7.21. The van der Waals surface area contributed by atoms with Crippen LogP contribution in [0.25, 0.3) is 10.1 Å². The summed E-state index contributed by atoms with van der Waals surface area (Å²) in [6, 6.07) is 14.7. The van der Waals surface area contributed by atoms with Crippen LogP contribution in [0, 0.1) is 0 Å². The third kappa shape index (κ3) is 3.36. The third-order valence-corrected chi connectivity index (χ3v) is 4.88. The summed E-state index contributed by atoms with van der Waals surface area (Å²) in [6.45, 7) is 0. The summed E-state index contributed by atoms with van der Waals surface area (Å²) >= 11 is 7.84. The molecule has 3 aromatic rings. The molecular weight excluding hydrogens is 332 g/mol. The number of rotatable bonds is 4. The lowest BCUT2D eigenvalue weighted by Gasteiger charge is -2.01. The monoisotopic (exact) mass is 344 g/mol. The van der Waals surface area contributed by atoms with Crippen molar-refractivity contribution < 1.29 is 9.53 Å². The molecule has 0 radical (unpaired) electrons. The number of ether oxygens (including phenoxy) is 1. The molecule has 23 heavy (non-hydrogen) atoms. The highest BCUT2D eigenvalue weighted by atomic mass is 35.5. The van der Waals surface area contributed by atoms with Crippen LogP contribution < -0.4 is 10.2 Å². The summed E-state index contributed by atoms with van der Waals surface area (Å²) in [5, 5.41) is 5.62. The van der Waals surface area contributed by atoms with Crippen molar-refractivity contribution in [1.29, 1.82) is 0 Å². The van der Waals surface area contributed by atoms with E-state index in [0.717, 1.165) is 15.0 Å². The highest BCUT2D eigenvalue weighted by Gasteiger charge is 2.08. The Balaban J connectivity index is 1.72.